The van der Waals surface area contributed by atoms with Crippen LogP contribution in [0, 0.1) is 0 Å². The van der Waals surface area contributed by atoms with E-state index in [1.165, 1.54) is 0 Å². The number of hydrogen-bond acceptors (Lipinski definition) is 4. The van der Waals surface area contributed by atoms with Crippen molar-refractivity contribution in [3.8, 4) is 5.75 Å². The minimum Gasteiger partial charge on any atom is -0.493 e. The average molecular weight is 281 g/mol. The highest BCUT2D eigenvalue weighted by Crippen LogP contribution is 2.25. The van der Waals surface area contributed by atoms with Crippen molar-refractivity contribution >= 4 is 17.7 Å². The molecule has 1 heterocycles. The van der Waals surface area contributed by atoms with Crippen LogP contribution in [0.4, 0.5) is 0 Å². The fraction of sp³-hybridized carbons (Fsp3) is 0.500. The minimum atomic E-state index is -0.102. The van der Waals surface area contributed by atoms with Crippen LogP contribution < -0.4 is 10.1 Å². The standard InChI is InChI=1S/C14H19NO3S/c1-9(13(8-16)19-2)15-14(17)11-3-4-12-10(7-11)5-6-18-12/h3-4,7,9,13,16H,5-6,8H2,1-2H3,(H,15,17). The van der Waals surface area contributed by atoms with Crippen molar-refractivity contribution < 1.29 is 14.6 Å². The normalized spacial score (nSPS) is 16.4. The molecule has 0 aliphatic carbocycles. The van der Waals surface area contributed by atoms with Crippen LogP contribution in [-0.4, -0.2) is 41.8 Å². The molecule has 2 rings (SSSR count). The van der Waals surface area contributed by atoms with Crippen LogP contribution >= 0.6 is 11.8 Å². The predicted molar refractivity (Wildman–Crippen MR) is 77.0 cm³/mol. The van der Waals surface area contributed by atoms with Crippen LogP contribution in [-0.2, 0) is 6.42 Å². The maximum absolute atomic E-state index is 12.1. The first-order valence-electron chi connectivity index (χ1n) is 6.36. The fourth-order valence-corrected chi connectivity index (χ4v) is 2.77. The van der Waals surface area contributed by atoms with Gasteiger partial charge in [0.15, 0.2) is 0 Å². The first kappa shape index (κ1) is 14.2. The number of ether oxygens (including phenoxy) is 1. The Hall–Kier alpha value is -1.20. The summed E-state index contributed by atoms with van der Waals surface area (Å²) in [5, 5.41) is 12.2. The number of carbonyl (C=O) groups is 1. The van der Waals surface area contributed by atoms with E-state index in [-0.39, 0.29) is 23.8 Å². The average Bonchev–Trinajstić information content (AvgIpc) is 2.87. The molecule has 0 saturated carbocycles. The van der Waals surface area contributed by atoms with Crippen LogP contribution in [0.25, 0.3) is 0 Å². The van der Waals surface area contributed by atoms with Crippen molar-refractivity contribution in [2.75, 3.05) is 19.5 Å². The van der Waals surface area contributed by atoms with Crippen molar-refractivity contribution in [3.63, 3.8) is 0 Å². The summed E-state index contributed by atoms with van der Waals surface area (Å²) in [6.45, 7) is 2.66. The molecule has 4 nitrogen and oxygen atoms in total. The molecule has 1 aromatic carbocycles. The Bertz CT molecular complexity index is 460. The van der Waals surface area contributed by atoms with Gasteiger partial charge in [-0.1, -0.05) is 0 Å². The van der Waals surface area contributed by atoms with E-state index in [0.29, 0.717) is 12.2 Å². The van der Waals surface area contributed by atoms with E-state index < -0.39 is 0 Å². The maximum Gasteiger partial charge on any atom is 0.251 e. The number of nitrogens with one attached hydrogen (secondary N) is 1. The second-order valence-corrected chi connectivity index (χ2v) is 5.72. The molecule has 0 spiro atoms. The summed E-state index contributed by atoms with van der Waals surface area (Å²) in [7, 11) is 0. The molecule has 2 atom stereocenters. The van der Waals surface area contributed by atoms with E-state index in [1.54, 1.807) is 17.8 Å². The van der Waals surface area contributed by atoms with E-state index in [4.69, 9.17) is 4.74 Å². The number of aliphatic hydroxyl groups is 1. The molecule has 1 aliphatic rings. The zero-order valence-electron chi connectivity index (χ0n) is 11.2. The van der Waals surface area contributed by atoms with Crippen molar-refractivity contribution in [1.29, 1.82) is 0 Å². The third-order valence-electron chi connectivity index (χ3n) is 3.35. The van der Waals surface area contributed by atoms with E-state index in [2.05, 4.69) is 5.32 Å². The molecule has 0 bridgehead atoms. The number of benzene rings is 1. The highest BCUT2D eigenvalue weighted by Gasteiger charge is 2.20. The molecule has 0 aromatic heterocycles. The summed E-state index contributed by atoms with van der Waals surface area (Å²) < 4.78 is 5.42. The van der Waals surface area contributed by atoms with Gasteiger partial charge in [-0.05, 0) is 36.9 Å². The number of aliphatic hydroxyl groups excluding tert-OH is 1. The summed E-state index contributed by atoms with van der Waals surface area (Å²) >= 11 is 1.55. The Labute approximate surface area is 117 Å². The van der Waals surface area contributed by atoms with E-state index >= 15 is 0 Å². The minimum absolute atomic E-state index is 0.0155. The molecule has 0 fully saturated rings. The van der Waals surface area contributed by atoms with Gasteiger partial charge in [-0.15, -0.1) is 0 Å². The van der Waals surface area contributed by atoms with Crippen LogP contribution in [0.1, 0.15) is 22.8 Å². The Morgan fingerprint density at radius 3 is 3.05 bits per heavy atom. The SMILES string of the molecule is CSC(CO)C(C)NC(=O)c1ccc2c(c1)CCO2. The van der Waals surface area contributed by atoms with Gasteiger partial charge in [0.05, 0.1) is 13.2 Å². The second kappa shape index (κ2) is 6.30. The zero-order chi connectivity index (χ0) is 13.8. The summed E-state index contributed by atoms with van der Waals surface area (Å²) in [6, 6.07) is 5.44. The van der Waals surface area contributed by atoms with Gasteiger partial charge in [0.2, 0.25) is 0 Å². The molecule has 1 aliphatic heterocycles. The first-order valence-corrected chi connectivity index (χ1v) is 7.64. The van der Waals surface area contributed by atoms with Crippen molar-refractivity contribution in [2.45, 2.75) is 24.6 Å². The molecule has 2 unspecified atom stereocenters. The van der Waals surface area contributed by atoms with Gasteiger partial charge < -0.3 is 15.2 Å². The van der Waals surface area contributed by atoms with Crippen LogP contribution in [0.2, 0.25) is 0 Å². The molecule has 104 valence electrons. The van der Waals surface area contributed by atoms with Gasteiger partial charge in [0, 0.05) is 23.3 Å². The molecule has 0 radical (unpaired) electrons. The summed E-state index contributed by atoms with van der Waals surface area (Å²) in [4.78, 5) is 12.1. The monoisotopic (exact) mass is 281 g/mol. The van der Waals surface area contributed by atoms with Crippen molar-refractivity contribution in [3.05, 3.63) is 29.3 Å². The molecular formula is C14H19NO3S. The van der Waals surface area contributed by atoms with Gasteiger partial charge in [-0.2, -0.15) is 11.8 Å². The number of fused-ring (bicyclic) bond motifs is 1. The van der Waals surface area contributed by atoms with Gasteiger partial charge in [0.25, 0.3) is 5.91 Å². The quantitative estimate of drug-likeness (QED) is 0.858. The molecule has 5 heteroatoms. The Kier molecular flexibility index (Phi) is 4.71. The molecule has 1 amide bonds. The molecule has 1 aromatic rings. The van der Waals surface area contributed by atoms with Crippen LogP contribution in [0.3, 0.4) is 0 Å². The van der Waals surface area contributed by atoms with Crippen LogP contribution in [0.5, 0.6) is 5.75 Å². The molecular weight excluding hydrogens is 262 g/mol. The van der Waals surface area contributed by atoms with Gasteiger partial charge in [-0.25, -0.2) is 0 Å². The third kappa shape index (κ3) is 3.22. The second-order valence-electron chi connectivity index (χ2n) is 4.64. The van der Waals surface area contributed by atoms with E-state index in [1.807, 2.05) is 25.3 Å². The lowest BCUT2D eigenvalue weighted by Crippen LogP contribution is -2.41. The zero-order valence-corrected chi connectivity index (χ0v) is 12.0. The van der Waals surface area contributed by atoms with Gasteiger partial charge in [-0.3, -0.25) is 4.79 Å². The number of thioether (sulfide) groups is 1. The van der Waals surface area contributed by atoms with E-state index in [9.17, 15) is 9.90 Å². The Balaban J connectivity index is 2.04. The van der Waals surface area contributed by atoms with Gasteiger partial charge in [0.1, 0.15) is 5.75 Å². The van der Waals surface area contributed by atoms with Crippen molar-refractivity contribution in [1.82, 2.24) is 5.32 Å². The lowest BCUT2D eigenvalue weighted by Gasteiger charge is -2.21. The highest BCUT2D eigenvalue weighted by molar-refractivity contribution is 7.99. The fourth-order valence-electron chi connectivity index (χ4n) is 2.15. The predicted octanol–water partition coefficient (Wildman–Crippen LogP) is 1.46. The summed E-state index contributed by atoms with van der Waals surface area (Å²) in [6.07, 6.45) is 2.78. The number of carbonyl (C=O) groups excluding carboxylic acids is 1. The highest BCUT2D eigenvalue weighted by atomic mass is 32.2. The Morgan fingerprint density at radius 1 is 1.58 bits per heavy atom. The lowest BCUT2D eigenvalue weighted by molar-refractivity contribution is 0.0936. The van der Waals surface area contributed by atoms with Crippen molar-refractivity contribution in [2.24, 2.45) is 0 Å². The maximum atomic E-state index is 12.1. The first-order chi connectivity index (χ1) is 9.15. The van der Waals surface area contributed by atoms with Crippen LogP contribution in [0.15, 0.2) is 18.2 Å². The topological polar surface area (TPSA) is 58.6 Å². The largest absolute Gasteiger partial charge is 0.493 e. The summed E-state index contributed by atoms with van der Waals surface area (Å²) in [5.41, 5.74) is 1.73. The molecule has 2 N–H and O–H groups in total. The third-order valence-corrected chi connectivity index (χ3v) is 4.51. The molecule has 0 saturated heterocycles. The number of hydrogen-bond donors (Lipinski definition) is 2. The number of amides is 1. The smallest absolute Gasteiger partial charge is 0.251 e. The van der Waals surface area contributed by atoms with E-state index in [0.717, 1.165) is 17.7 Å². The number of rotatable bonds is 5. The lowest BCUT2D eigenvalue weighted by atomic mass is 10.1. The summed E-state index contributed by atoms with van der Waals surface area (Å²) in [5.74, 6) is 0.775. The Morgan fingerprint density at radius 2 is 2.37 bits per heavy atom. The van der Waals surface area contributed by atoms with Gasteiger partial charge >= 0.3 is 0 Å². The molecule has 19 heavy (non-hydrogen) atoms.